The van der Waals surface area contributed by atoms with Gasteiger partial charge in [0.05, 0.1) is 12.1 Å². The second-order valence-electron chi connectivity index (χ2n) is 7.40. The molecular weight excluding hydrogens is 358 g/mol. The average Bonchev–Trinajstić information content (AvgIpc) is 2.80. The molecule has 3 aromatic rings. The summed E-state index contributed by atoms with van der Waals surface area (Å²) in [6, 6.07) is 29.3. The van der Waals surface area contributed by atoms with Crippen molar-refractivity contribution in [2.24, 2.45) is 0 Å². The minimum atomic E-state index is -0.465. The molecule has 0 aliphatic carbocycles. The number of hydrogen-bond donors (Lipinski definition) is 3. The molecule has 3 aromatic carbocycles. The van der Waals surface area contributed by atoms with Crippen LogP contribution in [-0.2, 0) is 12.1 Å². The van der Waals surface area contributed by atoms with Gasteiger partial charge in [0.2, 0.25) is 0 Å². The molecule has 0 radical (unpaired) electrons. The van der Waals surface area contributed by atoms with Gasteiger partial charge in [-0.25, -0.2) is 0 Å². The lowest BCUT2D eigenvalue weighted by Gasteiger charge is -2.37. The number of aliphatic hydroxyl groups excluding tert-OH is 2. The van der Waals surface area contributed by atoms with E-state index in [1.54, 1.807) is 0 Å². The van der Waals surface area contributed by atoms with E-state index in [0.717, 1.165) is 43.4 Å². The lowest BCUT2D eigenvalue weighted by molar-refractivity contribution is 0.281. The Morgan fingerprint density at radius 1 is 0.586 bits per heavy atom. The van der Waals surface area contributed by atoms with Gasteiger partial charge in [-0.05, 0) is 41.6 Å². The normalized spacial score (nSPS) is 11.5. The summed E-state index contributed by atoms with van der Waals surface area (Å²) in [5.74, 6) is 0. The molecule has 0 spiro atoms. The molecule has 3 heteroatoms. The number of rotatable bonds is 11. The van der Waals surface area contributed by atoms with Crippen LogP contribution in [0.4, 0.5) is 0 Å². The standard InChI is InChI=1S/C26H31NO2/c28-20-10-2-1-9-19-27-26(23-11-5-3-6-12-23,24-13-7-4-8-14-24)25-17-15-22(21-29)16-18-25/h3-8,11-18,27-29H,1-2,9-10,19-21H2. The first-order valence-corrected chi connectivity index (χ1v) is 10.5. The Hall–Kier alpha value is -2.46. The van der Waals surface area contributed by atoms with Crippen LogP contribution in [0.2, 0.25) is 0 Å². The van der Waals surface area contributed by atoms with E-state index < -0.39 is 5.54 Å². The van der Waals surface area contributed by atoms with Gasteiger partial charge in [0.1, 0.15) is 0 Å². The minimum absolute atomic E-state index is 0.0439. The van der Waals surface area contributed by atoms with Gasteiger partial charge in [0.25, 0.3) is 0 Å². The first kappa shape index (κ1) is 21.3. The second-order valence-corrected chi connectivity index (χ2v) is 7.40. The average molecular weight is 390 g/mol. The largest absolute Gasteiger partial charge is 0.396 e. The van der Waals surface area contributed by atoms with E-state index in [1.807, 2.05) is 24.3 Å². The smallest absolute Gasteiger partial charge is 0.0947 e. The number of unbranched alkanes of at least 4 members (excludes halogenated alkanes) is 3. The Kier molecular flexibility index (Phi) is 8.00. The van der Waals surface area contributed by atoms with Crippen LogP contribution in [0.5, 0.6) is 0 Å². The van der Waals surface area contributed by atoms with E-state index in [2.05, 4.69) is 66.0 Å². The predicted molar refractivity (Wildman–Crippen MR) is 119 cm³/mol. The summed E-state index contributed by atoms with van der Waals surface area (Å²) in [6.07, 6.45) is 4.06. The maximum Gasteiger partial charge on any atom is 0.0947 e. The quantitative estimate of drug-likeness (QED) is 0.331. The third-order valence-corrected chi connectivity index (χ3v) is 5.46. The van der Waals surface area contributed by atoms with Gasteiger partial charge in [0, 0.05) is 6.61 Å². The fraction of sp³-hybridized carbons (Fsp3) is 0.308. The summed E-state index contributed by atoms with van der Waals surface area (Å²) in [5, 5.41) is 22.4. The van der Waals surface area contributed by atoms with Crippen molar-refractivity contribution >= 4 is 0 Å². The van der Waals surface area contributed by atoms with E-state index in [4.69, 9.17) is 5.11 Å². The third-order valence-electron chi connectivity index (χ3n) is 5.46. The van der Waals surface area contributed by atoms with Crippen LogP contribution in [0.1, 0.15) is 47.9 Å². The van der Waals surface area contributed by atoms with Crippen molar-refractivity contribution in [1.29, 1.82) is 0 Å². The molecule has 3 rings (SSSR count). The van der Waals surface area contributed by atoms with Gasteiger partial charge >= 0.3 is 0 Å². The number of benzene rings is 3. The van der Waals surface area contributed by atoms with Crippen LogP contribution in [0.15, 0.2) is 84.9 Å². The van der Waals surface area contributed by atoms with Gasteiger partial charge in [-0.3, -0.25) is 5.32 Å². The van der Waals surface area contributed by atoms with Crippen LogP contribution >= 0.6 is 0 Å². The van der Waals surface area contributed by atoms with E-state index in [9.17, 15) is 5.11 Å². The number of aliphatic hydroxyl groups is 2. The van der Waals surface area contributed by atoms with E-state index in [0.29, 0.717) is 0 Å². The zero-order valence-corrected chi connectivity index (χ0v) is 16.9. The van der Waals surface area contributed by atoms with Crippen LogP contribution < -0.4 is 5.32 Å². The van der Waals surface area contributed by atoms with Crippen molar-refractivity contribution in [1.82, 2.24) is 5.32 Å². The monoisotopic (exact) mass is 389 g/mol. The third kappa shape index (κ3) is 5.13. The fourth-order valence-electron chi connectivity index (χ4n) is 3.91. The molecule has 0 amide bonds. The lowest BCUT2D eigenvalue weighted by Crippen LogP contribution is -2.45. The molecule has 0 saturated heterocycles. The van der Waals surface area contributed by atoms with Gasteiger partial charge in [-0.1, -0.05) is 97.8 Å². The Morgan fingerprint density at radius 3 is 1.62 bits per heavy atom. The SMILES string of the molecule is OCCCCCCNC(c1ccccc1)(c1ccccc1)c1ccc(CO)cc1. The van der Waals surface area contributed by atoms with Gasteiger partial charge in [-0.2, -0.15) is 0 Å². The minimum Gasteiger partial charge on any atom is -0.396 e. The molecule has 0 saturated carbocycles. The molecule has 0 aliphatic heterocycles. The predicted octanol–water partition coefficient (Wildman–Crippen LogP) is 4.61. The fourth-order valence-corrected chi connectivity index (χ4v) is 3.91. The van der Waals surface area contributed by atoms with E-state index in [-0.39, 0.29) is 13.2 Å². The molecular formula is C26H31NO2. The van der Waals surface area contributed by atoms with Gasteiger partial charge in [0.15, 0.2) is 0 Å². The first-order valence-electron chi connectivity index (χ1n) is 10.5. The van der Waals surface area contributed by atoms with Gasteiger partial charge < -0.3 is 10.2 Å². The first-order chi connectivity index (χ1) is 14.3. The molecule has 0 heterocycles. The highest BCUT2D eigenvalue weighted by Crippen LogP contribution is 2.37. The van der Waals surface area contributed by atoms with Crippen LogP contribution in [0.25, 0.3) is 0 Å². The van der Waals surface area contributed by atoms with Crippen molar-refractivity contribution < 1.29 is 10.2 Å². The number of nitrogens with one attached hydrogen (secondary N) is 1. The topological polar surface area (TPSA) is 52.5 Å². The maximum absolute atomic E-state index is 9.48. The summed E-state index contributed by atoms with van der Waals surface area (Å²) in [6.45, 7) is 1.18. The van der Waals surface area contributed by atoms with Crippen LogP contribution in [-0.4, -0.2) is 23.4 Å². The zero-order chi connectivity index (χ0) is 20.4. The molecule has 0 unspecified atom stereocenters. The molecule has 3 nitrogen and oxygen atoms in total. The highest BCUT2D eigenvalue weighted by Gasteiger charge is 2.35. The van der Waals surface area contributed by atoms with Gasteiger partial charge in [-0.15, -0.1) is 0 Å². The molecule has 29 heavy (non-hydrogen) atoms. The van der Waals surface area contributed by atoms with Crippen molar-refractivity contribution in [3.63, 3.8) is 0 Å². The molecule has 0 aliphatic rings. The van der Waals surface area contributed by atoms with Crippen molar-refractivity contribution in [3.8, 4) is 0 Å². The lowest BCUT2D eigenvalue weighted by atomic mass is 9.76. The molecule has 0 atom stereocenters. The summed E-state index contributed by atoms with van der Waals surface area (Å²) >= 11 is 0. The summed E-state index contributed by atoms with van der Waals surface area (Å²) in [7, 11) is 0. The maximum atomic E-state index is 9.48. The summed E-state index contributed by atoms with van der Waals surface area (Å²) in [5.41, 5.74) is 3.99. The molecule has 0 fully saturated rings. The number of hydrogen-bond acceptors (Lipinski definition) is 3. The molecule has 0 bridgehead atoms. The molecule has 0 aromatic heterocycles. The van der Waals surface area contributed by atoms with Crippen LogP contribution in [0, 0.1) is 0 Å². The zero-order valence-electron chi connectivity index (χ0n) is 16.9. The Bertz CT molecular complexity index is 792. The summed E-state index contributed by atoms with van der Waals surface area (Å²) in [4.78, 5) is 0. The Morgan fingerprint density at radius 2 is 1.10 bits per heavy atom. The van der Waals surface area contributed by atoms with E-state index in [1.165, 1.54) is 11.1 Å². The Labute approximate surface area is 174 Å². The highest BCUT2D eigenvalue weighted by molar-refractivity contribution is 5.49. The van der Waals surface area contributed by atoms with E-state index >= 15 is 0 Å². The van der Waals surface area contributed by atoms with Crippen molar-refractivity contribution in [2.45, 2.75) is 37.8 Å². The second kappa shape index (κ2) is 10.9. The van der Waals surface area contributed by atoms with Crippen molar-refractivity contribution in [2.75, 3.05) is 13.2 Å². The highest BCUT2D eigenvalue weighted by atomic mass is 16.3. The summed E-state index contributed by atoms with van der Waals surface area (Å²) < 4.78 is 0. The van der Waals surface area contributed by atoms with Crippen LogP contribution in [0.3, 0.4) is 0 Å². The van der Waals surface area contributed by atoms with Crippen molar-refractivity contribution in [3.05, 3.63) is 107 Å². The molecule has 152 valence electrons. The Balaban J connectivity index is 2.01. The molecule has 3 N–H and O–H groups in total.